The van der Waals surface area contributed by atoms with Gasteiger partial charge in [0.25, 0.3) is 11.8 Å². The maximum Gasteiger partial charge on any atom is 0.261 e. The monoisotopic (exact) mass is 535 g/mol. The first-order valence-corrected chi connectivity index (χ1v) is 15.9. The number of nitrogens with one attached hydrogen (secondary N) is 2. The molecule has 200 valence electrons. The van der Waals surface area contributed by atoms with E-state index in [1.165, 1.54) is 0 Å². The van der Waals surface area contributed by atoms with Crippen LogP contribution in [0.25, 0.3) is 0 Å². The van der Waals surface area contributed by atoms with Crippen molar-refractivity contribution >= 4 is 31.5 Å². The van der Waals surface area contributed by atoms with Crippen molar-refractivity contribution in [1.82, 2.24) is 15.0 Å². The number of aliphatic hydroxyl groups excluding tert-OH is 1. The zero-order chi connectivity index (χ0) is 27.1. The van der Waals surface area contributed by atoms with Gasteiger partial charge in [0.1, 0.15) is 0 Å². The fourth-order valence-electron chi connectivity index (χ4n) is 5.97. The molecule has 38 heavy (non-hydrogen) atoms. The number of aryl methyl sites for hydroxylation is 1. The van der Waals surface area contributed by atoms with E-state index in [0.29, 0.717) is 47.6 Å². The summed E-state index contributed by atoms with van der Waals surface area (Å²) in [6.07, 6.45) is 2.36. The van der Waals surface area contributed by atoms with E-state index in [0.717, 1.165) is 0 Å². The number of nitrogens with zero attached hydrogens (tertiary/aromatic N) is 3. The van der Waals surface area contributed by atoms with Crippen molar-refractivity contribution in [3.05, 3.63) is 71.5 Å². The Morgan fingerprint density at radius 2 is 2.00 bits per heavy atom. The third-order valence-corrected chi connectivity index (χ3v) is 10.1. The number of anilines is 2. The molecule has 10 nitrogen and oxygen atoms in total. The topological polar surface area (TPSA) is 139 Å². The van der Waals surface area contributed by atoms with Crippen LogP contribution in [-0.2, 0) is 28.1 Å². The van der Waals surface area contributed by atoms with E-state index in [1.807, 2.05) is 26.1 Å². The van der Waals surface area contributed by atoms with Crippen LogP contribution in [-0.4, -0.2) is 57.7 Å². The van der Waals surface area contributed by atoms with E-state index in [2.05, 4.69) is 20.9 Å². The van der Waals surface area contributed by atoms with E-state index in [9.17, 15) is 14.4 Å². The number of amides is 2. The molecule has 5 rings (SSSR count). The number of aromatic nitrogens is 3. The van der Waals surface area contributed by atoms with Gasteiger partial charge >= 0.3 is 0 Å². The molecule has 3 heterocycles. The second-order valence-corrected chi connectivity index (χ2v) is 14.6. The molecule has 0 bridgehead atoms. The van der Waals surface area contributed by atoms with Gasteiger partial charge in [0.2, 0.25) is 0 Å². The van der Waals surface area contributed by atoms with Crippen LogP contribution in [0.2, 0.25) is 18.6 Å². The second-order valence-electron chi connectivity index (χ2n) is 10.6. The average Bonchev–Trinajstić information content (AvgIpc) is 3.53. The van der Waals surface area contributed by atoms with Crippen molar-refractivity contribution in [2.75, 3.05) is 17.2 Å². The molecule has 11 heteroatoms. The van der Waals surface area contributed by atoms with Crippen molar-refractivity contribution in [3.8, 4) is 0 Å². The Labute approximate surface area is 222 Å². The molecule has 2 aliphatic heterocycles. The molecule has 4 atom stereocenters. The van der Waals surface area contributed by atoms with Crippen molar-refractivity contribution in [2.24, 2.45) is 5.92 Å². The molecule has 1 saturated heterocycles. The fourth-order valence-corrected chi connectivity index (χ4v) is 8.58. The summed E-state index contributed by atoms with van der Waals surface area (Å²) in [7, 11) is -2.78. The molecule has 2 aromatic carbocycles. The van der Waals surface area contributed by atoms with Crippen LogP contribution in [0.5, 0.6) is 0 Å². The van der Waals surface area contributed by atoms with Crippen LogP contribution in [0.3, 0.4) is 0 Å². The fraction of sp³-hybridized carbons (Fsp3) is 0.407. The van der Waals surface area contributed by atoms with Crippen LogP contribution in [0.15, 0.2) is 54.7 Å². The Morgan fingerprint density at radius 3 is 2.71 bits per heavy atom. The van der Waals surface area contributed by atoms with Gasteiger partial charge in [0.15, 0.2) is 13.9 Å². The summed E-state index contributed by atoms with van der Waals surface area (Å²) in [6, 6.07) is 14.3. The number of hydrogen-bond donors (Lipinski definition) is 4. The van der Waals surface area contributed by atoms with E-state index in [4.69, 9.17) is 9.84 Å². The van der Waals surface area contributed by atoms with E-state index in [-0.39, 0.29) is 36.0 Å². The first-order chi connectivity index (χ1) is 18.1. The lowest BCUT2D eigenvalue weighted by Crippen LogP contribution is -2.43. The van der Waals surface area contributed by atoms with Gasteiger partial charge in [-0.05, 0) is 49.8 Å². The average molecular weight is 536 g/mol. The molecule has 3 aromatic rings. The molecule has 0 aliphatic carbocycles. The number of hydrogen-bond acceptors (Lipinski definition) is 7. The number of aliphatic hydroxyl groups is 1. The first kappa shape index (κ1) is 26.2. The molecule has 1 aromatic heterocycles. The Morgan fingerprint density at radius 1 is 1.24 bits per heavy atom. The second kappa shape index (κ2) is 10.1. The number of fused-ring (bicyclic) bond motifs is 2. The van der Waals surface area contributed by atoms with Crippen LogP contribution < -0.4 is 10.6 Å². The quantitative estimate of drug-likeness (QED) is 0.325. The SMILES string of the molecule is C[C@@H]1[C@@H]([Si](C)(C)O)[C@H](CCn2cc(CCO)nn2)O[C@@]12C(=O)Nc1ccc(NC(=O)c3ccccc3)cc12. The molecule has 1 fully saturated rings. The molecule has 0 saturated carbocycles. The lowest BCUT2D eigenvalue weighted by molar-refractivity contribution is -0.143. The van der Waals surface area contributed by atoms with Crippen LogP contribution in [0, 0.1) is 5.92 Å². The van der Waals surface area contributed by atoms with Gasteiger partial charge in [-0.3, -0.25) is 14.3 Å². The van der Waals surface area contributed by atoms with Crippen LogP contribution >= 0.6 is 0 Å². The summed E-state index contributed by atoms with van der Waals surface area (Å²) in [5.74, 6) is -0.810. The maximum absolute atomic E-state index is 13.5. The molecular formula is C27H33N5O5Si. The zero-order valence-electron chi connectivity index (χ0n) is 21.7. The Kier molecular flexibility index (Phi) is 6.95. The minimum atomic E-state index is -2.78. The minimum Gasteiger partial charge on any atom is -0.432 e. The van der Waals surface area contributed by atoms with Crippen LogP contribution in [0.1, 0.15) is 35.0 Å². The highest BCUT2D eigenvalue weighted by Gasteiger charge is 2.64. The molecular weight excluding hydrogens is 502 g/mol. The van der Waals surface area contributed by atoms with Crippen molar-refractivity contribution in [1.29, 1.82) is 0 Å². The van der Waals surface area contributed by atoms with E-state index >= 15 is 0 Å². The highest BCUT2D eigenvalue weighted by Crippen LogP contribution is 2.58. The molecule has 0 radical (unpaired) electrons. The smallest absolute Gasteiger partial charge is 0.261 e. The van der Waals surface area contributed by atoms with Gasteiger partial charge in [-0.25, -0.2) is 0 Å². The van der Waals surface area contributed by atoms with Gasteiger partial charge in [0.05, 0.1) is 11.8 Å². The third-order valence-electron chi connectivity index (χ3n) is 7.63. The number of carbonyl (C=O) groups excluding carboxylic acids is 2. The third kappa shape index (κ3) is 4.66. The Balaban J connectivity index is 1.44. The molecule has 0 unspecified atom stereocenters. The molecule has 4 N–H and O–H groups in total. The Hall–Kier alpha value is -3.38. The highest BCUT2D eigenvalue weighted by molar-refractivity contribution is 6.71. The number of benzene rings is 2. The zero-order valence-corrected chi connectivity index (χ0v) is 22.7. The standard InChI is InChI=1S/C27H33N5O5Si/c1-17-24(38(2,3)36)23(11-13-32-16-20(12-14-33)30-31-32)37-27(17)21-15-19(9-10-22(21)29-26(27)35)28-25(34)18-7-5-4-6-8-18/h4-10,15-17,23-24,33,36H,11-14H2,1-3H3,(H,28,34)(H,29,35)/t17-,23+,24-,27+/m1/s1. The Bertz CT molecular complexity index is 1340. The first-order valence-electron chi connectivity index (χ1n) is 12.9. The lowest BCUT2D eigenvalue weighted by atomic mass is 9.82. The summed E-state index contributed by atoms with van der Waals surface area (Å²) in [5, 5.41) is 23.2. The molecule has 2 aliphatic rings. The summed E-state index contributed by atoms with van der Waals surface area (Å²) in [5.41, 5.74) is 1.60. The van der Waals surface area contributed by atoms with Gasteiger partial charge in [0, 0.05) is 59.7 Å². The highest BCUT2D eigenvalue weighted by atomic mass is 28.4. The van der Waals surface area contributed by atoms with Gasteiger partial charge < -0.3 is 25.3 Å². The van der Waals surface area contributed by atoms with Crippen molar-refractivity contribution in [2.45, 2.75) is 56.7 Å². The predicted octanol–water partition coefficient (Wildman–Crippen LogP) is 2.91. The summed E-state index contributed by atoms with van der Waals surface area (Å²) in [4.78, 5) is 37.6. The van der Waals surface area contributed by atoms with E-state index < -0.39 is 13.9 Å². The number of rotatable bonds is 8. The predicted molar refractivity (Wildman–Crippen MR) is 144 cm³/mol. The van der Waals surface area contributed by atoms with Gasteiger partial charge in [-0.1, -0.05) is 30.3 Å². The van der Waals surface area contributed by atoms with Gasteiger partial charge in [-0.15, -0.1) is 5.10 Å². The summed E-state index contributed by atoms with van der Waals surface area (Å²) in [6.45, 7) is 6.22. The van der Waals surface area contributed by atoms with Crippen molar-refractivity contribution in [3.63, 3.8) is 0 Å². The number of carbonyl (C=O) groups is 2. The van der Waals surface area contributed by atoms with Crippen molar-refractivity contribution < 1.29 is 24.2 Å². The maximum atomic E-state index is 13.5. The largest absolute Gasteiger partial charge is 0.432 e. The van der Waals surface area contributed by atoms with E-state index in [1.54, 1.807) is 53.3 Å². The lowest BCUT2D eigenvalue weighted by Gasteiger charge is -2.32. The number of ether oxygens (including phenoxy) is 1. The summed E-state index contributed by atoms with van der Waals surface area (Å²) >= 11 is 0. The van der Waals surface area contributed by atoms with Gasteiger partial charge in [-0.2, -0.15) is 0 Å². The summed E-state index contributed by atoms with van der Waals surface area (Å²) < 4.78 is 8.37. The molecule has 2 amide bonds. The molecule has 1 spiro atoms. The van der Waals surface area contributed by atoms with Crippen LogP contribution in [0.4, 0.5) is 11.4 Å². The normalized spacial score (nSPS) is 24.4. The minimum absolute atomic E-state index is 0.000842.